The van der Waals surface area contributed by atoms with E-state index in [1.165, 1.54) is 59.8 Å². The maximum absolute atomic E-state index is 12.8. The number of nitrogens with zero attached hydrogens (tertiary/aromatic N) is 2. The highest BCUT2D eigenvalue weighted by Gasteiger charge is 2.25. The van der Waals surface area contributed by atoms with E-state index in [2.05, 4.69) is 81.8 Å². The molecule has 2 aliphatic rings. The minimum Gasteiger partial charge on any atom is -0.352 e. The van der Waals surface area contributed by atoms with Crippen LogP contribution in [0.1, 0.15) is 48.8 Å². The van der Waals surface area contributed by atoms with Crippen molar-refractivity contribution in [2.75, 3.05) is 26.2 Å². The molecule has 0 saturated carbocycles. The Bertz CT molecular complexity index is 1070. The molecule has 0 spiro atoms. The highest BCUT2D eigenvalue weighted by atomic mass is 16.1. The van der Waals surface area contributed by atoms with Crippen molar-refractivity contribution in [3.63, 3.8) is 0 Å². The van der Waals surface area contributed by atoms with Gasteiger partial charge in [0.1, 0.15) is 0 Å². The molecule has 1 N–H and O–H groups in total. The van der Waals surface area contributed by atoms with Crippen LogP contribution in [0.5, 0.6) is 0 Å². The van der Waals surface area contributed by atoms with Crippen molar-refractivity contribution >= 4 is 16.7 Å². The molecule has 4 heteroatoms. The topological polar surface area (TPSA) is 35.6 Å². The summed E-state index contributed by atoms with van der Waals surface area (Å²) in [5, 5.41) is 5.83. The van der Waals surface area contributed by atoms with Gasteiger partial charge >= 0.3 is 0 Å². The third kappa shape index (κ3) is 5.86. The number of carbonyl (C=O) groups excluding carboxylic acids is 1. The molecule has 5 rings (SSSR count). The molecule has 0 aromatic heterocycles. The number of piperidine rings is 2. The average molecular weight is 456 g/mol. The lowest BCUT2D eigenvalue weighted by Crippen LogP contribution is -2.40. The molecule has 4 nitrogen and oxygen atoms in total. The standard InChI is InChI=1S/C30H37N3O/c34-30(31-21-24-11-13-25(14-12-24)22-32-17-4-1-5-18-32)27-15-19-33(20-16-27)23-28-9-6-8-26-7-2-3-10-29(26)28/h2-3,6-14,27H,1,4-5,15-23H2,(H,31,34). The normalized spacial score (nSPS) is 18.2. The molecular formula is C30H37N3O. The first-order chi connectivity index (χ1) is 16.7. The largest absolute Gasteiger partial charge is 0.352 e. The minimum atomic E-state index is 0.127. The quantitative estimate of drug-likeness (QED) is 0.521. The first-order valence-corrected chi connectivity index (χ1v) is 13.0. The number of rotatable bonds is 7. The third-order valence-corrected chi connectivity index (χ3v) is 7.58. The van der Waals surface area contributed by atoms with Gasteiger partial charge in [-0.1, -0.05) is 73.2 Å². The van der Waals surface area contributed by atoms with Gasteiger partial charge in [-0.3, -0.25) is 14.6 Å². The second kappa shape index (κ2) is 11.2. The molecule has 1 amide bonds. The molecule has 178 valence electrons. The maximum atomic E-state index is 12.8. The predicted molar refractivity (Wildman–Crippen MR) is 139 cm³/mol. The monoisotopic (exact) mass is 455 g/mol. The van der Waals surface area contributed by atoms with E-state index in [0.717, 1.165) is 39.0 Å². The zero-order chi connectivity index (χ0) is 23.2. The summed E-state index contributed by atoms with van der Waals surface area (Å²) in [5.74, 6) is 0.337. The van der Waals surface area contributed by atoms with Crippen LogP contribution in [0.3, 0.4) is 0 Å². The molecule has 2 heterocycles. The zero-order valence-electron chi connectivity index (χ0n) is 20.2. The van der Waals surface area contributed by atoms with Crippen molar-refractivity contribution in [1.82, 2.24) is 15.1 Å². The van der Waals surface area contributed by atoms with Gasteiger partial charge in [-0.15, -0.1) is 0 Å². The summed E-state index contributed by atoms with van der Waals surface area (Å²) in [6.07, 6.45) is 5.90. The van der Waals surface area contributed by atoms with E-state index in [4.69, 9.17) is 0 Å². The van der Waals surface area contributed by atoms with Gasteiger partial charge in [0.15, 0.2) is 0 Å². The molecule has 0 atom stereocenters. The molecule has 34 heavy (non-hydrogen) atoms. The van der Waals surface area contributed by atoms with E-state index < -0.39 is 0 Å². The van der Waals surface area contributed by atoms with Gasteiger partial charge < -0.3 is 5.32 Å². The molecule has 2 fully saturated rings. The molecule has 0 bridgehead atoms. The van der Waals surface area contributed by atoms with Crippen molar-refractivity contribution in [2.24, 2.45) is 5.92 Å². The number of likely N-dealkylation sites (tertiary alicyclic amines) is 2. The Morgan fingerprint density at radius 3 is 2.21 bits per heavy atom. The van der Waals surface area contributed by atoms with Crippen LogP contribution in [-0.2, 0) is 24.4 Å². The van der Waals surface area contributed by atoms with E-state index in [-0.39, 0.29) is 11.8 Å². The van der Waals surface area contributed by atoms with Crippen LogP contribution >= 0.6 is 0 Å². The van der Waals surface area contributed by atoms with Gasteiger partial charge in [0.05, 0.1) is 0 Å². The fraction of sp³-hybridized carbons (Fsp3) is 0.433. The summed E-state index contributed by atoms with van der Waals surface area (Å²) in [5.41, 5.74) is 3.93. The fourth-order valence-corrected chi connectivity index (χ4v) is 5.50. The van der Waals surface area contributed by atoms with Crippen LogP contribution in [-0.4, -0.2) is 41.9 Å². The van der Waals surface area contributed by atoms with E-state index in [9.17, 15) is 4.79 Å². The molecule has 0 aliphatic carbocycles. The number of fused-ring (bicyclic) bond motifs is 1. The summed E-state index contributed by atoms with van der Waals surface area (Å²) in [6, 6.07) is 24.0. The van der Waals surface area contributed by atoms with Gasteiger partial charge in [-0.25, -0.2) is 0 Å². The smallest absolute Gasteiger partial charge is 0.223 e. The Balaban J connectivity index is 1.07. The maximum Gasteiger partial charge on any atom is 0.223 e. The summed E-state index contributed by atoms with van der Waals surface area (Å²) in [4.78, 5) is 17.8. The second-order valence-electron chi connectivity index (χ2n) is 10.1. The molecule has 2 saturated heterocycles. The summed E-state index contributed by atoms with van der Waals surface area (Å²) < 4.78 is 0. The first kappa shape index (κ1) is 23.1. The van der Waals surface area contributed by atoms with Crippen LogP contribution in [0, 0.1) is 5.92 Å². The Hall–Kier alpha value is -2.69. The van der Waals surface area contributed by atoms with E-state index in [1.807, 2.05) is 0 Å². The molecule has 3 aromatic carbocycles. The molecule has 0 unspecified atom stereocenters. The van der Waals surface area contributed by atoms with Crippen molar-refractivity contribution < 1.29 is 4.79 Å². The highest BCUT2D eigenvalue weighted by Crippen LogP contribution is 2.24. The van der Waals surface area contributed by atoms with Crippen LogP contribution in [0.4, 0.5) is 0 Å². The second-order valence-corrected chi connectivity index (χ2v) is 10.1. The highest BCUT2D eigenvalue weighted by molar-refractivity contribution is 5.85. The molecular weight excluding hydrogens is 418 g/mol. The van der Waals surface area contributed by atoms with Crippen molar-refractivity contribution in [3.8, 4) is 0 Å². The van der Waals surface area contributed by atoms with Crippen LogP contribution in [0.2, 0.25) is 0 Å². The SMILES string of the molecule is O=C(NCc1ccc(CN2CCCCC2)cc1)C1CCN(Cc2cccc3ccccc23)CC1. The van der Waals surface area contributed by atoms with E-state index in [0.29, 0.717) is 6.54 Å². The number of hydrogen-bond donors (Lipinski definition) is 1. The number of nitrogens with one attached hydrogen (secondary N) is 1. The number of carbonyl (C=O) groups is 1. The number of hydrogen-bond acceptors (Lipinski definition) is 3. The predicted octanol–water partition coefficient (Wildman–Crippen LogP) is 5.35. The van der Waals surface area contributed by atoms with Crippen molar-refractivity contribution in [3.05, 3.63) is 83.4 Å². The lowest BCUT2D eigenvalue weighted by Gasteiger charge is -2.31. The van der Waals surface area contributed by atoms with Crippen LogP contribution < -0.4 is 5.32 Å². The minimum absolute atomic E-state index is 0.127. The number of amides is 1. The van der Waals surface area contributed by atoms with Gasteiger partial charge in [-0.2, -0.15) is 0 Å². The Labute approximate surface area is 203 Å². The third-order valence-electron chi connectivity index (χ3n) is 7.58. The lowest BCUT2D eigenvalue weighted by molar-refractivity contribution is -0.126. The summed E-state index contributed by atoms with van der Waals surface area (Å²) in [7, 11) is 0. The van der Waals surface area contributed by atoms with Gasteiger partial charge in [0.25, 0.3) is 0 Å². The Morgan fingerprint density at radius 2 is 1.41 bits per heavy atom. The zero-order valence-corrected chi connectivity index (χ0v) is 20.2. The van der Waals surface area contributed by atoms with Gasteiger partial charge in [-0.05, 0) is 79.3 Å². The molecule has 2 aliphatic heterocycles. The lowest BCUT2D eigenvalue weighted by atomic mass is 9.95. The van der Waals surface area contributed by atoms with E-state index in [1.54, 1.807) is 0 Å². The van der Waals surface area contributed by atoms with Crippen molar-refractivity contribution in [1.29, 1.82) is 0 Å². The van der Waals surface area contributed by atoms with Crippen molar-refractivity contribution in [2.45, 2.75) is 51.7 Å². The van der Waals surface area contributed by atoms with Crippen LogP contribution in [0.15, 0.2) is 66.7 Å². The molecule has 0 radical (unpaired) electrons. The van der Waals surface area contributed by atoms with Gasteiger partial charge in [0.2, 0.25) is 5.91 Å². The summed E-state index contributed by atoms with van der Waals surface area (Å²) >= 11 is 0. The fourth-order valence-electron chi connectivity index (χ4n) is 5.50. The summed E-state index contributed by atoms with van der Waals surface area (Å²) in [6.45, 7) is 7.03. The molecule has 3 aromatic rings. The first-order valence-electron chi connectivity index (χ1n) is 13.0. The Kier molecular flexibility index (Phi) is 7.57. The number of benzene rings is 3. The van der Waals surface area contributed by atoms with Gasteiger partial charge in [0, 0.05) is 25.6 Å². The Morgan fingerprint density at radius 1 is 0.735 bits per heavy atom. The van der Waals surface area contributed by atoms with E-state index >= 15 is 0 Å². The average Bonchev–Trinajstić information content (AvgIpc) is 2.89. The van der Waals surface area contributed by atoms with Crippen LogP contribution in [0.25, 0.3) is 10.8 Å².